The fraction of sp³-hybridized carbons (Fsp3) is 0.344. The summed E-state index contributed by atoms with van der Waals surface area (Å²) in [6.45, 7) is 2.07. The van der Waals surface area contributed by atoms with Gasteiger partial charge in [0.25, 0.3) is 11.8 Å². The summed E-state index contributed by atoms with van der Waals surface area (Å²) in [5.41, 5.74) is 3.93. The van der Waals surface area contributed by atoms with Gasteiger partial charge in [0.1, 0.15) is 0 Å². The van der Waals surface area contributed by atoms with Crippen molar-refractivity contribution in [2.75, 3.05) is 51.0 Å². The van der Waals surface area contributed by atoms with Crippen LogP contribution in [0.15, 0.2) is 60.7 Å². The second kappa shape index (κ2) is 16.1. The molecule has 2 aromatic carbocycles. The normalized spacial score (nSPS) is 14.5. The predicted octanol–water partition coefficient (Wildman–Crippen LogP) is 2.06. The number of fused-ring (bicyclic) bond motifs is 2. The number of imide groups is 1. The Morgan fingerprint density at radius 1 is 0.674 bits per heavy atom. The second-order valence-corrected chi connectivity index (χ2v) is 9.91. The summed E-state index contributed by atoms with van der Waals surface area (Å²) in [4.78, 5) is 63.0. The van der Waals surface area contributed by atoms with E-state index < -0.39 is 11.8 Å². The Bertz CT molecular complexity index is 1370. The van der Waals surface area contributed by atoms with E-state index in [2.05, 4.69) is 16.7 Å². The van der Waals surface area contributed by atoms with Gasteiger partial charge in [-0.25, -0.2) is 0 Å². The van der Waals surface area contributed by atoms with Crippen molar-refractivity contribution < 1.29 is 33.4 Å². The summed E-state index contributed by atoms with van der Waals surface area (Å²) >= 11 is 0. The zero-order valence-electron chi connectivity index (χ0n) is 24.0. The van der Waals surface area contributed by atoms with E-state index in [1.165, 1.54) is 12.2 Å². The summed E-state index contributed by atoms with van der Waals surface area (Å²) in [6, 6.07) is 15.8. The number of carbonyl (C=O) groups is 5. The molecule has 2 aromatic rings. The number of hydrogen-bond donors (Lipinski definition) is 2. The molecule has 0 aliphatic carbocycles. The second-order valence-electron chi connectivity index (χ2n) is 9.91. The van der Waals surface area contributed by atoms with Crippen LogP contribution in [0.25, 0.3) is 12.2 Å². The highest BCUT2D eigenvalue weighted by atomic mass is 16.5. The van der Waals surface area contributed by atoms with Crippen LogP contribution < -0.4 is 15.5 Å². The molecule has 0 spiro atoms. The maximum absolute atomic E-state index is 13.2. The molecule has 4 rings (SSSR count). The molecular formula is C32H36N4O7. The number of para-hydroxylation sites is 1. The quantitative estimate of drug-likeness (QED) is 0.240. The molecule has 0 radical (unpaired) electrons. The van der Waals surface area contributed by atoms with E-state index in [9.17, 15) is 24.0 Å². The lowest BCUT2D eigenvalue weighted by atomic mass is 10.0. The third-order valence-corrected chi connectivity index (χ3v) is 6.89. The average Bonchev–Trinajstić information content (AvgIpc) is 3.32. The fourth-order valence-corrected chi connectivity index (χ4v) is 4.61. The molecule has 2 heterocycles. The van der Waals surface area contributed by atoms with Crippen molar-refractivity contribution >= 4 is 47.4 Å². The average molecular weight is 589 g/mol. The third kappa shape index (κ3) is 9.45. The first-order valence-electron chi connectivity index (χ1n) is 14.3. The van der Waals surface area contributed by atoms with Crippen LogP contribution in [0.2, 0.25) is 0 Å². The first kappa shape index (κ1) is 31.3. The molecular weight excluding hydrogens is 552 g/mol. The number of hydrogen-bond acceptors (Lipinski definition) is 7. The lowest BCUT2D eigenvalue weighted by Crippen LogP contribution is -2.35. The number of nitrogens with one attached hydrogen (secondary N) is 2. The van der Waals surface area contributed by atoms with E-state index in [4.69, 9.17) is 9.47 Å². The molecule has 11 nitrogen and oxygen atoms in total. The molecule has 2 N–H and O–H groups in total. The molecule has 0 unspecified atom stereocenters. The Labute approximate surface area is 250 Å². The van der Waals surface area contributed by atoms with E-state index in [0.717, 1.165) is 27.3 Å². The van der Waals surface area contributed by atoms with Gasteiger partial charge < -0.3 is 25.0 Å². The number of carbonyl (C=O) groups excluding carboxylic acids is 5. The van der Waals surface area contributed by atoms with Crippen LogP contribution in [0.5, 0.6) is 0 Å². The minimum absolute atomic E-state index is 0.0246. The van der Waals surface area contributed by atoms with Gasteiger partial charge in [0.05, 0.1) is 38.7 Å². The monoisotopic (exact) mass is 588 g/mol. The van der Waals surface area contributed by atoms with E-state index in [-0.39, 0.29) is 76.4 Å². The number of anilines is 1. The van der Waals surface area contributed by atoms with Gasteiger partial charge in [-0.15, -0.1) is 0 Å². The van der Waals surface area contributed by atoms with Crippen LogP contribution in [0, 0.1) is 0 Å². The van der Waals surface area contributed by atoms with Crippen molar-refractivity contribution in [1.82, 2.24) is 15.5 Å². The van der Waals surface area contributed by atoms with E-state index in [0.29, 0.717) is 13.2 Å². The maximum Gasteiger partial charge on any atom is 0.253 e. The van der Waals surface area contributed by atoms with Crippen LogP contribution in [0.4, 0.5) is 5.69 Å². The molecule has 0 saturated carbocycles. The van der Waals surface area contributed by atoms with Gasteiger partial charge in [-0.2, -0.15) is 0 Å². The Balaban J connectivity index is 1.05. The van der Waals surface area contributed by atoms with Gasteiger partial charge in [-0.05, 0) is 22.8 Å². The third-order valence-electron chi connectivity index (χ3n) is 6.89. The van der Waals surface area contributed by atoms with Gasteiger partial charge in [-0.1, -0.05) is 54.6 Å². The van der Waals surface area contributed by atoms with Gasteiger partial charge in [-0.3, -0.25) is 28.9 Å². The maximum atomic E-state index is 13.2. The molecule has 0 saturated heterocycles. The summed E-state index contributed by atoms with van der Waals surface area (Å²) in [5.74, 6) is -1.39. The van der Waals surface area contributed by atoms with Gasteiger partial charge in [0.2, 0.25) is 17.7 Å². The van der Waals surface area contributed by atoms with Crippen LogP contribution in [0.3, 0.4) is 0 Å². The van der Waals surface area contributed by atoms with E-state index in [1.807, 2.05) is 54.6 Å². The van der Waals surface area contributed by atoms with Gasteiger partial charge >= 0.3 is 0 Å². The topological polar surface area (TPSA) is 134 Å². The summed E-state index contributed by atoms with van der Waals surface area (Å²) in [5, 5.41) is 5.45. The first-order valence-corrected chi connectivity index (χ1v) is 14.3. The number of rotatable bonds is 15. The van der Waals surface area contributed by atoms with Crippen LogP contribution in [-0.2, 0) is 40.0 Å². The van der Waals surface area contributed by atoms with Gasteiger partial charge in [0.15, 0.2) is 0 Å². The Morgan fingerprint density at radius 2 is 1.30 bits per heavy atom. The number of benzene rings is 2. The summed E-state index contributed by atoms with van der Waals surface area (Å²) in [6.07, 6.45) is 6.80. The Hall–Kier alpha value is -4.61. The number of nitrogens with zero attached hydrogens (tertiary/aromatic N) is 2. The molecule has 0 bridgehead atoms. The standard InChI is InChI=1S/C32H36N4O7/c37-28(14-18-35-30(39)11-12-31(35)40)34-17-20-43-22-21-42-19-15-29(38)33-16-13-32(41)36-23-26-7-2-1-5-24(26)9-10-25-6-3-4-8-27(25)36/h1-12H,13-23H2,(H,33,38)(H,34,37)/b10-9-. The largest absolute Gasteiger partial charge is 0.379 e. The van der Waals surface area contributed by atoms with Crippen LogP contribution in [0.1, 0.15) is 36.0 Å². The smallest absolute Gasteiger partial charge is 0.253 e. The molecule has 5 amide bonds. The Kier molecular flexibility index (Phi) is 11.8. The lowest BCUT2D eigenvalue weighted by Gasteiger charge is -2.27. The molecule has 0 fully saturated rings. The van der Waals surface area contributed by atoms with Gasteiger partial charge in [0, 0.05) is 51.0 Å². The van der Waals surface area contributed by atoms with Crippen molar-refractivity contribution in [1.29, 1.82) is 0 Å². The van der Waals surface area contributed by atoms with Crippen molar-refractivity contribution in [3.63, 3.8) is 0 Å². The molecule has 226 valence electrons. The van der Waals surface area contributed by atoms with Crippen molar-refractivity contribution in [2.24, 2.45) is 0 Å². The molecule has 0 aromatic heterocycles. The predicted molar refractivity (Wildman–Crippen MR) is 160 cm³/mol. The molecule has 0 atom stereocenters. The van der Waals surface area contributed by atoms with Crippen LogP contribution >= 0.6 is 0 Å². The van der Waals surface area contributed by atoms with Crippen LogP contribution in [-0.4, -0.2) is 80.5 Å². The minimum Gasteiger partial charge on any atom is -0.379 e. The van der Waals surface area contributed by atoms with E-state index >= 15 is 0 Å². The molecule has 43 heavy (non-hydrogen) atoms. The fourth-order valence-electron chi connectivity index (χ4n) is 4.61. The highest BCUT2D eigenvalue weighted by Gasteiger charge is 2.23. The minimum atomic E-state index is -0.413. The molecule has 2 aliphatic rings. The van der Waals surface area contributed by atoms with Crippen molar-refractivity contribution in [2.45, 2.75) is 25.8 Å². The van der Waals surface area contributed by atoms with E-state index in [1.54, 1.807) is 4.90 Å². The lowest BCUT2D eigenvalue weighted by molar-refractivity contribution is -0.137. The Morgan fingerprint density at radius 3 is 2.09 bits per heavy atom. The highest BCUT2D eigenvalue weighted by Crippen LogP contribution is 2.29. The molecule has 11 heteroatoms. The zero-order chi connectivity index (χ0) is 30.4. The number of ether oxygens (including phenoxy) is 2. The summed E-state index contributed by atoms with van der Waals surface area (Å²) < 4.78 is 10.8. The SMILES string of the molecule is O=C(CCOCCOCCNC(=O)CCN1C(=O)C=CC1=O)NCCC(=O)N1Cc2ccccc2/C=C\c2ccccc21. The zero-order valence-corrected chi connectivity index (χ0v) is 24.0. The number of amides is 5. The summed E-state index contributed by atoms with van der Waals surface area (Å²) in [7, 11) is 0. The van der Waals surface area contributed by atoms with Crippen molar-refractivity contribution in [3.05, 3.63) is 77.4 Å². The highest BCUT2D eigenvalue weighted by molar-refractivity contribution is 6.13. The van der Waals surface area contributed by atoms with Crippen molar-refractivity contribution in [3.8, 4) is 0 Å². The first-order chi connectivity index (χ1) is 20.9. The molecule has 2 aliphatic heterocycles.